The third kappa shape index (κ3) is 3.77. The van der Waals surface area contributed by atoms with Gasteiger partial charge >= 0.3 is 12.0 Å². The van der Waals surface area contributed by atoms with Gasteiger partial charge in [-0.15, -0.1) is 4.98 Å². The number of hydrogen-bond acceptors (Lipinski definition) is 6. The van der Waals surface area contributed by atoms with Gasteiger partial charge in [-0.25, -0.2) is 0 Å². The fourth-order valence-corrected chi connectivity index (χ4v) is 1.51. The third-order valence-corrected chi connectivity index (χ3v) is 2.30. The average molecular weight is 282 g/mol. The molecule has 0 fully saturated rings. The quantitative estimate of drug-likeness (QED) is 0.905. The molecular weight excluding hydrogens is 270 g/mol. The molecule has 0 aliphatic heterocycles. The Morgan fingerprint density at radius 3 is 2.74 bits per heavy atom. The Morgan fingerprint density at radius 2 is 2.00 bits per heavy atom. The first kappa shape index (κ1) is 13.5. The molecule has 0 aliphatic rings. The molecule has 2 rings (SSSR count). The van der Waals surface area contributed by atoms with Crippen LogP contribution in [0.2, 0.25) is 5.28 Å². The number of ether oxygens (including phenoxy) is 2. The largest absolute Gasteiger partial charge is 0.464 e. The van der Waals surface area contributed by atoms with Crippen molar-refractivity contribution in [2.24, 2.45) is 0 Å². The summed E-state index contributed by atoms with van der Waals surface area (Å²) < 4.78 is 10.6. The van der Waals surface area contributed by atoms with Gasteiger partial charge in [-0.1, -0.05) is 12.1 Å². The first-order valence-electron chi connectivity index (χ1n) is 5.63. The first-order chi connectivity index (χ1) is 9.21. The van der Waals surface area contributed by atoms with Crippen LogP contribution in [0.25, 0.3) is 0 Å². The summed E-state index contributed by atoms with van der Waals surface area (Å²) in [6, 6.07) is 7.08. The molecule has 2 aromatic rings. The van der Waals surface area contributed by atoms with Crippen molar-refractivity contribution in [2.75, 3.05) is 6.61 Å². The summed E-state index contributed by atoms with van der Waals surface area (Å²) in [7, 11) is 0. The Labute approximate surface area is 115 Å². The number of nitrogens with zero attached hydrogens (tertiary/aromatic N) is 3. The summed E-state index contributed by atoms with van der Waals surface area (Å²) in [5.74, 6) is 0.497. The fourth-order valence-electron chi connectivity index (χ4n) is 1.37. The van der Waals surface area contributed by atoms with E-state index in [1.54, 1.807) is 24.3 Å². The van der Waals surface area contributed by atoms with E-state index in [0.717, 1.165) is 5.56 Å². The highest BCUT2D eigenvalue weighted by atomic mass is 35.5. The molecule has 0 aliphatic carbocycles. The van der Waals surface area contributed by atoms with Crippen LogP contribution >= 0.6 is 11.6 Å². The molecule has 6 nitrogen and oxygen atoms in total. The molecule has 0 radical (unpaired) electrons. The summed E-state index contributed by atoms with van der Waals surface area (Å²) in [5.41, 5.74) is 0.725. The van der Waals surface area contributed by atoms with Gasteiger partial charge in [0.25, 0.3) is 0 Å². The van der Waals surface area contributed by atoms with Crippen molar-refractivity contribution in [3.05, 3.63) is 35.1 Å². The van der Waals surface area contributed by atoms with E-state index in [2.05, 4.69) is 15.0 Å². The van der Waals surface area contributed by atoms with Crippen LogP contribution in [0.3, 0.4) is 0 Å². The molecule has 1 heterocycles. The summed E-state index contributed by atoms with van der Waals surface area (Å²) >= 11 is 5.75. The molecular formula is C12H12ClN3O3. The van der Waals surface area contributed by atoms with Crippen molar-refractivity contribution >= 4 is 11.6 Å². The number of halogens is 1. The summed E-state index contributed by atoms with van der Waals surface area (Å²) in [4.78, 5) is 11.6. The lowest BCUT2D eigenvalue weighted by Gasteiger charge is -2.06. The van der Waals surface area contributed by atoms with Crippen LogP contribution in [0.1, 0.15) is 12.5 Å². The molecule has 0 amide bonds. The summed E-state index contributed by atoms with van der Waals surface area (Å²) in [5, 5.41) is 9.04. The van der Waals surface area contributed by atoms with Crippen molar-refractivity contribution < 1.29 is 14.6 Å². The van der Waals surface area contributed by atoms with Gasteiger partial charge in [-0.3, -0.25) is 0 Å². The number of aliphatic hydroxyl groups excluding tert-OH is 1. The molecule has 0 saturated heterocycles. The second-order valence-corrected chi connectivity index (χ2v) is 3.85. The molecule has 0 bridgehead atoms. The van der Waals surface area contributed by atoms with Gasteiger partial charge in [0.2, 0.25) is 5.28 Å². The second-order valence-electron chi connectivity index (χ2n) is 3.51. The Hall–Kier alpha value is -1.92. The van der Waals surface area contributed by atoms with Gasteiger partial charge in [-0.05, 0) is 36.2 Å². The number of aliphatic hydroxyl groups is 1. The maximum atomic E-state index is 9.05. The lowest BCUT2D eigenvalue weighted by atomic mass is 10.2. The second kappa shape index (κ2) is 6.31. The Bertz CT molecular complexity index is 566. The van der Waals surface area contributed by atoms with E-state index in [9.17, 15) is 0 Å². The van der Waals surface area contributed by atoms with Crippen molar-refractivity contribution in [1.29, 1.82) is 0 Å². The van der Waals surface area contributed by atoms with Gasteiger partial charge in [0.1, 0.15) is 5.75 Å². The van der Waals surface area contributed by atoms with Crippen LogP contribution in [0.5, 0.6) is 17.8 Å². The van der Waals surface area contributed by atoms with Crippen molar-refractivity contribution in [1.82, 2.24) is 15.0 Å². The van der Waals surface area contributed by atoms with E-state index in [1.807, 2.05) is 6.92 Å². The van der Waals surface area contributed by atoms with E-state index in [1.165, 1.54) is 0 Å². The molecule has 19 heavy (non-hydrogen) atoms. The third-order valence-electron chi connectivity index (χ3n) is 2.13. The van der Waals surface area contributed by atoms with E-state index in [-0.39, 0.29) is 23.9 Å². The van der Waals surface area contributed by atoms with Crippen LogP contribution < -0.4 is 9.47 Å². The van der Waals surface area contributed by atoms with Gasteiger partial charge in [0.15, 0.2) is 0 Å². The lowest BCUT2D eigenvalue weighted by molar-refractivity contribution is 0.281. The highest BCUT2D eigenvalue weighted by Gasteiger charge is 2.08. The zero-order valence-corrected chi connectivity index (χ0v) is 11.0. The predicted molar refractivity (Wildman–Crippen MR) is 68.4 cm³/mol. The molecule has 1 N–H and O–H groups in total. The topological polar surface area (TPSA) is 77.4 Å². The van der Waals surface area contributed by atoms with Gasteiger partial charge < -0.3 is 14.6 Å². The molecule has 0 saturated carbocycles. The molecule has 1 aromatic carbocycles. The normalized spacial score (nSPS) is 10.3. The minimum absolute atomic E-state index is 0.00763. The molecule has 0 atom stereocenters. The molecule has 7 heteroatoms. The molecule has 1 aromatic heterocycles. The number of aromatic nitrogens is 3. The zero-order valence-electron chi connectivity index (χ0n) is 10.2. The summed E-state index contributed by atoms with van der Waals surface area (Å²) in [6.07, 6.45) is 0. The number of rotatable bonds is 5. The van der Waals surface area contributed by atoms with Gasteiger partial charge in [0, 0.05) is 0 Å². The van der Waals surface area contributed by atoms with Crippen LogP contribution in [-0.4, -0.2) is 26.7 Å². The van der Waals surface area contributed by atoms with Crippen LogP contribution in [-0.2, 0) is 6.61 Å². The minimum Gasteiger partial charge on any atom is -0.464 e. The van der Waals surface area contributed by atoms with E-state index < -0.39 is 0 Å². The molecule has 0 unspecified atom stereocenters. The Morgan fingerprint density at radius 1 is 1.21 bits per heavy atom. The molecule has 100 valence electrons. The Kier molecular flexibility index (Phi) is 4.48. The summed E-state index contributed by atoms with van der Waals surface area (Å²) in [6.45, 7) is 2.15. The smallest absolute Gasteiger partial charge is 0.329 e. The van der Waals surface area contributed by atoms with Crippen LogP contribution in [0.15, 0.2) is 24.3 Å². The maximum absolute atomic E-state index is 9.05. The SMILES string of the molecule is CCOc1nc(Cl)nc(Oc2cccc(CO)c2)n1. The van der Waals surface area contributed by atoms with Crippen molar-refractivity contribution in [3.63, 3.8) is 0 Å². The standard InChI is InChI=1S/C12H12ClN3O3/c1-2-18-11-14-10(13)15-12(16-11)19-9-5-3-4-8(6-9)7-17/h3-6,17H,2,7H2,1H3. The van der Waals surface area contributed by atoms with Crippen LogP contribution in [0, 0.1) is 0 Å². The number of hydrogen-bond donors (Lipinski definition) is 1. The average Bonchev–Trinajstić information content (AvgIpc) is 2.38. The zero-order chi connectivity index (χ0) is 13.7. The highest BCUT2D eigenvalue weighted by Crippen LogP contribution is 2.21. The lowest BCUT2D eigenvalue weighted by Crippen LogP contribution is -2.01. The van der Waals surface area contributed by atoms with Crippen molar-refractivity contribution in [2.45, 2.75) is 13.5 Å². The highest BCUT2D eigenvalue weighted by molar-refractivity contribution is 6.28. The molecule has 0 spiro atoms. The fraction of sp³-hybridized carbons (Fsp3) is 0.250. The minimum atomic E-state index is -0.0701. The van der Waals surface area contributed by atoms with Crippen molar-refractivity contribution in [3.8, 4) is 17.8 Å². The van der Waals surface area contributed by atoms with E-state index in [4.69, 9.17) is 26.2 Å². The first-order valence-corrected chi connectivity index (χ1v) is 6.01. The van der Waals surface area contributed by atoms with Gasteiger partial charge in [-0.2, -0.15) is 9.97 Å². The van der Waals surface area contributed by atoms with Gasteiger partial charge in [0.05, 0.1) is 13.2 Å². The van der Waals surface area contributed by atoms with Crippen LogP contribution in [0.4, 0.5) is 0 Å². The maximum Gasteiger partial charge on any atom is 0.329 e. The monoisotopic (exact) mass is 281 g/mol. The predicted octanol–water partition coefficient (Wildman–Crippen LogP) is 2.21. The van der Waals surface area contributed by atoms with E-state index in [0.29, 0.717) is 12.4 Å². The number of benzene rings is 1. The Balaban J connectivity index is 2.22. The van der Waals surface area contributed by atoms with E-state index >= 15 is 0 Å².